The van der Waals surface area contributed by atoms with Gasteiger partial charge >= 0.3 is 0 Å². The van der Waals surface area contributed by atoms with Crippen LogP contribution in [0.3, 0.4) is 0 Å². The quantitative estimate of drug-likeness (QED) is 0.749. The highest BCUT2D eigenvalue weighted by atomic mass is 32.2. The van der Waals surface area contributed by atoms with Crippen molar-refractivity contribution in [1.29, 1.82) is 0 Å². The second-order valence-corrected chi connectivity index (χ2v) is 6.32. The Bertz CT molecular complexity index is 837. The molecule has 0 saturated carbocycles. The topological polar surface area (TPSA) is 74.9 Å². The average molecular weight is 327 g/mol. The lowest BCUT2D eigenvalue weighted by molar-refractivity contribution is 0.601. The molecule has 2 aromatic carbocycles. The Morgan fingerprint density at radius 1 is 1.04 bits per heavy atom. The molecule has 0 saturated heterocycles. The third-order valence-corrected chi connectivity index (χ3v) is 4.40. The van der Waals surface area contributed by atoms with Gasteiger partial charge in [0.05, 0.1) is 18.1 Å². The summed E-state index contributed by atoms with van der Waals surface area (Å²) < 4.78 is 26.3. The van der Waals surface area contributed by atoms with Crippen LogP contribution in [0.5, 0.6) is 0 Å². The number of nitrogens with zero attached hydrogens (tertiary/aromatic N) is 2. The molecule has 3 rings (SSSR count). The summed E-state index contributed by atoms with van der Waals surface area (Å²) in [5.41, 5.74) is 7.67. The van der Waals surface area contributed by atoms with Crippen molar-refractivity contribution < 1.29 is 8.94 Å². The Morgan fingerprint density at radius 3 is 2.48 bits per heavy atom. The second-order valence-electron chi connectivity index (χ2n) is 4.97. The zero-order chi connectivity index (χ0) is 16.4. The zero-order valence-electron chi connectivity index (χ0n) is 12.4. The Morgan fingerprint density at radius 2 is 1.83 bits per heavy atom. The lowest BCUT2D eigenvalue weighted by Gasteiger charge is -2.11. The van der Waals surface area contributed by atoms with E-state index in [1.54, 1.807) is 24.5 Å². The number of hydrogen-bond acceptors (Lipinski definition) is 4. The summed E-state index contributed by atoms with van der Waals surface area (Å²) in [6.07, 6.45) is 4.42. The third kappa shape index (κ3) is 3.18. The number of hydrogen-bond donors (Lipinski definition) is 1. The Hall–Kier alpha value is -2.44. The van der Waals surface area contributed by atoms with Crippen LogP contribution in [-0.4, -0.2) is 20.8 Å². The van der Waals surface area contributed by atoms with Gasteiger partial charge in [-0.3, -0.25) is 4.98 Å². The van der Waals surface area contributed by atoms with Crippen LogP contribution >= 0.6 is 0 Å². The van der Waals surface area contributed by atoms with E-state index < -0.39 is 17.0 Å². The van der Waals surface area contributed by atoms with E-state index in [0.29, 0.717) is 21.7 Å². The molecule has 0 aliphatic rings. The monoisotopic (exact) mass is 327 g/mol. The fourth-order valence-electron chi connectivity index (χ4n) is 2.32. The molecule has 6 heteroatoms. The van der Waals surface area contributed by atoms with Crippen molar-refractivity contribution in [2.24, 2.45) is 0 Å². The van der Waals surface area contributed by atoms with E-state index in [0.717, 1.165) is 5.56 Å². The van der Waals surface area contributed by atoms with Crippen LogP contribution in [-0.2, 0) is 11.2 Å². The van der Waals surface area contributed by atoms with Gasteiger partial charge in [0.15, 0.2) is 4.90 Å². The largest absolute Gasteiger partial charge is 0.612 e. The lowest BCUT2D eigenvalue weighted by Crippen LogP contribution is -2.00. The van der Waals surface area contributed by atoms with E-state index in [1.807, 2.05) is 18.2 Å². The summed E-state index contributed by atoms with van der Waals surface area (Å²) >= 11 is -1.15. The summed E-state index contributed by atoms with van der Waals surface area (Å²) in [7, 11) is 0. The van der Waals surface area contributed by atoms with E-state index in [1.165, 1.54) is 18.5 Å². The van der Waals surface area contributed by atoms with E-state index in [2.05, 4.69) is 9.97 Å². The molecule has 2 N–H and O–H groups in total. The highest BCUT2D eigenvalue weighted by Crippen LogP contribution is 2.30. The molecule has 0 amide bonds. The van der Waals surface area contributed by atoms with E-state index in [9.17, 15) is 8.94 Å². The van der Waals surface area contributed by atoms with Crippen molar-refractivity contribution in [3.05, 3.63) is 60.7 Å². The predicted molar refractivity (Wildman–Crippen MR) is 89.6 cm³/mol. The van der Waals surface area contributed by atoms with Gasteiger partial charge in [0, 0.05) is 11.1 Å². The standard InChI is InChI=1S/C17H14FN3OS/c1-23(22)16-5-3-2-4-12(16)11-6-7-13(14(18)8-11)15-9-21-17(19)10-20-15/h2-10H,1H3,(H2,19,21). The van der Waals surface area contributed by atoms with E-state index >= 15 is 0 Å². The number of rotatable bonds is 3. The molecule has 0 aliphatic heterocycles. The number of aromatic nitrogens is 2. The molecule has 0 bridgehead atoms. The molecule has 0 spiro atoms. The molecule has 1 heterocycles. The molecule has 0 fully saturated rings. The summed E-state index contributed by atoms with van der Waals surface area (Å²) in [6, 6.07) is 12.1. The van der Waals surface area contributed by atoms with Crippen molar-refractivity contribution in [1.82, 2.24) is 9.97 Å². The molecule has 0 radical (unpaired) electrons. The fourth-order valence-corrected chi connectivity index (χ4v) is 3.09. The SMILES string of the molecule is C[S+]([O-])c1ccccc1-c1ccc(-c2cnc(N)cn2)c(F)c1. The summed E-state index contributed by atoms with van der Waals surface area (Å²) in [5.74, 6) is -0.136. The third-order valence-electron chi connectivity index (χ3n) is 3.42. The van der Waals surface area contributed by atoms with Gasteiger partial charge in [-0.25, -0.2) is 9.37 Å². The van der Waals surface area contributed by atoms with Gasteiger partial charge in [-0.15, -0.1) is 0 Å². The summed E-state index contributed by atoms with van der Waals surface area (Å²) in [6.45, 7) is 0. The first-order chi connectivity index (χ1) is 11.1. The first kappa shape index (κ1) is 15.5. The number of nitrogens with two attached hydrogens (primary N) is 1. The first-order valence-electron chi connectivity index (χ1n) is 6.86. The highest BCUT2D eigenvalue weighted by molar-refractivity contribution is 7.90. The number of nitrogen functional groups attached to an aromatic ring is 1. The Labute approximate surface area is 136 Å². The van der Waals surface area contributed by atoms with Crippen molar-refractivity contribution >= 4 is 17.0 Å². The van der Waals surface area contributed by atoms with Crippen LogP contribution in [0.25, 0.3) is 22.4 Å². The number of halogens is 1. The average Bonchev–Trinajstić information content (AvgIpc) is 2.56. The van der Waals surface area contributed by atoms with Crippen LogP contribution in [0.1, 0.15) is 0 Å². The number of benzene rings is 2. The van der Waals surface area contributed by atoms with Crippen LogP contribution in [0, 0.1) is 5.82 Å². The van der Waals surface area contributed by atoms with Gasteiger partial charge in [0.2, 0.25) is 0 Å². The van der Waals surface area contributed by atoms with Crippen molar-refractivity contribution in [2.75, 3.05) is 12.0 Å². The maximum absolute atomic E-state index is 14.5. The molecular formula is C17H14FN3OS. The predicted octanol–water partition coefficient (Wildman–Crippen LogP) is 3.27. The van der Waals surface area contributed by atoms with Crippen LogP contribution in [0.4, 0.5) is 10.2 Å². The van der Waals surface area contributed by atoms with Gasteiger partial charge in [-0.05, 0) is 41.0 Å². The molecule has 116 valence electrons. The van der Waals surface area contributed by atoms with Gasteiger partial charge in [0.25, 0.3) is 0 Å². The van der Waals surface area contributed by atoms with Gasteiger partial charge in [-0.1, -0.05) is 18.2 Å². The molecular weight excluding hydrogens is 313 g/mol. The minimum absolute atomic E-state index is 0.283. The maximum Gasteiger partial charge on any atom is 0.160 e. The zero-order valence-corrected chi connectivity index (χ0v) is 13.2. The Balaban J connectivity index is 2.05. The van der Waals surface area contributed by atoms with Crippen molar-refractivity contribution in [3.8, 4) is 22.4 Å². The molecule has 3 aromatic rings. The minimum Gasteiger partial charge on any atom is -0.612 e. The first-order valence-corrected chi connectivity index (χ1v) is 8.42. The minimum atomic E-state index is -1.15. The second kappa shape index (κ2) is 6.36. The number of anilines is 1. The van der Waals surface area contributed by atoms with E-state index in [-0.39, 0.29) is 5.82 Å². The van der Waals surface area contributed by atoms with Crippen LogP contribution < -0.4 is 5.73 Å². The van der Waals surface area contributed by atoms with Gasteiger partial charge in [0.1, 0.15) is 17.9 Å². The molecule has 1 aromatic heterocycles. The van der Waals surface area contributed by atoms with Crippen molar-refractivity contribution in [2.45, 2.75) is 4.90 Å². The van der Waals surface area contributed by atoms with Gasteiger partial charge < -0.3 is 10.3 Å². The Kier molecular flexibility index (Phi) is 4.27. The molecule has 23 heavy (non-hydrogen) atoms. The summed E-state index contributed by atoms with van der Waals surface area (Å²) in [5, 5.41) is 0. The fraction of sp³-hybridized carbons (Fsp3) is 0.0588. The normalized spacial score (nSPS) is 12.1. The molecule has 1 atom stereocenters. The van der Waals surface area contributed by atoms with Crippen LogP contribution in [0.2, 0.25) is 0 Å². The van der Waals surface area contributed by atoms with Crippen molar-refractivity contribution in [3.63, 3.8) is 0 Å². The molecule has 0 aliphatic carbocycles. The summed E-state index contributed by atoms with van der Waals surface area (Å²) in [4.78, 5) is 8.68. The smallest absolute Gasteiger partial charge is 0.160 e. The van der Waals surface area contributed by atoms with Crippen LogP contribution in [0.15, 0.2) is 59.8 Å². The van der Waals surface area contributed by atoms with E-state index in [4.69, 9.17) is 5.73 Å². The van der Waals surface area contributed by atoms with Gasteiger partial charge in [-0.2, -0.15) is 0 Å². The molecule has 1 unspecified atom stereocenters. The molecule has 4 nitrogen and oxygen atoms in total. The lowest BCUT2D eigenvalue weighted by atomic mass is 10.0. The highest BCUT2D eigenvalue weighted by Gasteiger charge is 2.15. The maximum atomic E-state index is 14.5.